The van der Waals surface area contributed by atoms with E-state index in [0.29, 0.717) is 5.56 Å². The number of ether oxygens (including phenoxy) is 1. The van der Waals surface area contributed by atoms with Crippen LogP contribution in [0.25, 0.3) is 5.53 Å². The van der Waals surface area contributed by atoms with Gasteiger partial charge in [0.2, 0.25) is 0 Å². The lowest BCUT2D eigenvalue weighted by molar-refractivity contribution is -0.384. The van der Waals surface area contributed by atoms with Crippen LogP contribution < -0.4 is 0 Å². The highest BCUT2D eigenvalue weighted by Crippen LogP contribution is 2.12. The number of nitro groups is 1. The maximum atomic E-state index is 11.3. The van der Waals surface area contributed by atoms with Crippen molar-refractivity contribution in [2.75, 3.05) is 6.61 Å². The first-order valence-corrected chi connectivity index (χ1v) is 5.19. The highest BCUT2D eigenvalue weighted by molar-refractivity contribution is 6.34. The molecule has 0 aliphatic rings. The van der Waals surface area contributed by atoms with Crippen molar-refractivity contribution < 1.29 is 19.2 Å². The molecule has 0 saturated heterocycles. The number of esters is 1. The van der Waals surface area contributed by atoms with Crippen LogP contribution in [-0.4, -0.2) is 28.0 Å². The summed E-state index contributed by atoms with van der Waals surface area (Å²) in [6.45, 7) is 1.82. The smallest absolute Gasteiger partial charge is 0.417 e. The molecule has 7 heteroatoms. The first-order chi connectivity index (χ1) is 8.58. The predicted molar refractivity (Wildman–Crippen MR) is 62.1 cm³/mol. The molecule has 0 heterocycles. The summed E-state index contributed by atoms with van der Waals surface area (Å²) in [5.74, 6) is -0.710. The summed E-state index contributed by atoms with van der Waals surface area (Å²) in [6.07, 6.45) is 0.0489. The van der Waals surface area contributed by atoms with Crippen molar-refractivity contribution in [2.24, 2.45) is 0 Å². The molecule has 0 spiro atoms. The zero-order valence-corrected chi connectivity index (χ0v) is 9.70. The lowest BCUT2D eigenvalue weighted by Crippen LogP contribution is -2.20. The fraction of sp³-hybridized carbons (Fsp3) is 0.273. The Kier molecular flexibility index (Phi) is 4.71. The quantitative estimate of drug-likeness (QED) is 0.196. The molecule has 0 atom stereocenters. The number of carbonyl (C=O) groups excluding carboxylic acids is 1. The van der Waals surface area contributed by atoms with Crippen LogP contribution in [0.2, 0.25) is 0 Å². The van der Waals surface area contributed by atoms with E-state index in [4.69, 9.17) is 10.3 Å². The van der Waals surface area contributed by atoms with Crippen LogP contribution >= 0.6 is 0 Å². The average molecular weight is 249 g/mol. The third-order valence-corrected chi connectivity index (χ3v) is 2.15. The molecule has 0 aliphatic carbocycles. The summed E-state index contributed by atoms with van der Waals surface area (Å²) in [7, 11) is 0. The van der Waals surface area contributed by atoms with E-state index in [9.17, 15) is 14.9 Å². The molecule has 1 rings (SSSR count). The number of non-ortho nitro benzene ring substituents is 1. The van der Waals surface area contributed by atoms with Crippen molar-refractivity contribution in [1.82, 2.24) is 0 Å². The van der Waals surface area contributed by atoms with Crippen LogP contribution in [0.1, 0.15) is 12.5 Å². The van der Waals surface area contributed by atoms with Gasteiger partial charge in [0, 0.05) is 12.1 Å². The van der Waals surface area contributed by atoms with Crippen LogP contribution in [0.5, 0.6) is 0 Å². The van der Waals surface area contributed by atoms with Crippen LogP contribution in [0, 0.1) is 10.1 Å². The van der Waals surface area contributed by atoms with Crippen LogP contribution in [0.15, 0.2) is 24.3 Å². The minimum absolute atomic E-state index is 0.0441. The molecule has 94 valence electrons. The number of rotatable bonds is 5. The van der Waals surface area contributed by atoms with Crippen molar-refractivity contribution >= 4 is 17.4 Å². The first-order valence-electron chi connectivity index (χ1n) is 5.19. The highest BCUT2D eigenvalue weighted by atomic mass is 16.6. The molecular formula is C11H11N3O4. The van der Waals surface area contributed by atoms with Gasteiger partial charge in [-0.25, -0.2) is 4.79 Å². The minimum Gasteiger partial charge on any atom is -0.457 e. The molecule has 0 fully saturated rings. The number of benzene rings is 1. The number of hydrogen-bond donors (Lipinski definition) is 0. The van der Waals surface area contributed by atoms with Gasteiger partial charge in [-0.3, -0.25) is 10.1 Å². The molecule has 0 aromatic heterocycles. The fourth-order valence-corrected chi connectivity index (χ4v) is 1.29. The van der Waals surface area contributed by atoms with Crippen LogP contribution in [0.4, 0.5) is 5.69 Å². The highest BCUT2D eigenvalue weighted by Gasteiger charge is 2.22. The van der Waals surface area contributed by atoms with E-state index in [-0.39, 0.29) is 24.4 Å². The van der Waals surface area contributed by atoms with Gasteiger partial charge >= 0.3 is 11.7 Å². The van der Waals surface area contributed by atoms with Gasteiger partial charge in [-0.15, -0.1) is 0 Å². The third-order valence-electron chi connectivity index (χ3n) is 2.15. The second-order valence-corrected chi connectivity index (χ2v) is 3.37. The van der Waals surface area contributed by atoms with E-state index in [2.05, 4.69) is 4.79 Å². The largest absolute Gasteiger partial charge is 0.457 e. The molecule has 0 unspecified atom stereocenters. The van der Waals surface area contributed by atoms with Crippen LogP contribution in [-0.2, 0) is 16.0 Å². The Bertz CT molecular complexity index is 504. The first kappa shape index (κ1) is 13.5. The molecule has 18 heavy (non-hydrogen) atoms. The maximum absolute atomic E-state index is 11.3. The number of nitrogens with zero attached hydrogens (tertiary/aromatic N) is 3. The zero-order chi connectivity index (χ0) is 13.5. The van der Waals surface area contributed by atoms with Gasteiger partial charge in [-0.1, -0.05) is 12.1 Å². The SMILES string of the molecule is CCOC(=O)C(Cc1ccc([N+](=O)[O-])cc1)=[N+]=[N-]. The van der Waals surface area contributed by atoms with Crippen molar-refractivity contribution in [2.45, 2.75) is 13.3 Å². The molecule has 0 saturated carbocycles. The minimum atomic E-state index is -0.710. The fourth-order valence-electron chi connectivity index (χ4n) is 1.29. The summed E-state index contributed by atoms with van der Waals surface area (Å²) in [6, 6.07) is 5.61. The summed E-state index contributed by atoms with van der Waals surface area (Å²) in [5.41, 5.74) is 9.13. The van der Waals surface area contributed by atoms with E-state index in [1.54, 1.807) is 6.92 Å². The van der Waals surface area contributed by atoms with E-state index in [1.807, 2.05) is 0 Å². The Balaban J connectivity index is 2.80. The topological polar surface area (TPSA) is 106 Å². The maximum Gasteiger partial charge on any atom is 0.417 e. The molecule has 0 radical (unpaired) electrons. The molecular weight excluding hydrogens is 238 g/mol. The van der Waals surface area contributed by atoms with Gasteiger partial charge in [0.05, 0.1) is 18.0 Å². The summed E-state index contributed by atoms with van der Waals surface area (Å²) in [5, 5.41) is 10.5. The number of hydrogen-bond acceptors (Lipinski definition) is 4. The summed E-state index contributed by atoms with van der Waals surface area (Å²) >= 11 is 0. The Morgan fingerprint density at radius 3 is 2.50 bits per heavy atom. The zero-order valence-electron chi connectivity index (χ0n) is 9.70. The van der Waals surface area contributed by atoms with Gasteiger partial charge in [-0.2, -0.15) is 4.79 Å². The summed E-state index contributed by atoms with van der Waals surface area (Å²) in [4.78, 5) is 24.1. The van der Waals surface area contributed by atoms with E-state index in [0.717, 1.165) is 0 Å². The lowest BCUT2D eigenvalue weighted by atomic mass is 10.1. The predicted octanol–water partition coefficient (Wildman–Crippen LogP) is 1.37. The van der Waals surface area contributed by atoms with E-state index in [1.165, 1.54) is 24.3 Å². The molecule has 1 aromatic rings. The van der Waals surface area contributed by atoms with E-state index < -0.39 is 10.9 Å². The number of nitro benzene ring substituents is 1. The standard InChI is InChI=1S/C11H11N3O4/c1-2-18-11(15)10(13-12)7-8-3-5-9(6-4-8)14(16)17/h3-6H,2,7H2,1H3. The van der Waals surface area contributed by atoms with Gasteiger partial charge in [0.1, 0.15) is 0 Å². The van der Waals surface area contributed by atoms with Crippen molar-refractivity contribution in [3.8, 4) is 0 Å². The molecule has 0 bridgehead atoms. The average Bonchev–Trinajstić information content (AvgIpc) is 2.36. The lowest BCUT2D eigenvalue weighted by Gasteiger charge is -1.98. The third kappa shape index (κ3) is 3.50. The van der Waals surface area contributed by atoms with Crippen LogP contribution in [0.3, 0.4) is 0 Å². The molecule has 0 aliphatic heterocycles. The molecule has 1 aromatic carbocycles. The normalized spacial score (nSPS) is 9.39. The Labute approximate surface area is 103 Å². The van der Waals surface area contributed by atoms with Gasteiger partial charge < -0.3 is 10.3 Å². The number of carbonyl (C=O) groups is 1. The monoisotopic (exact) mass is 249 g/mol. The molecule has 0 N–H and O–H groups in total. The Hall–Kier alpha value is -2.53. The van der Waals surface area contributed by atoms with Gasteiger partial charge in [-0.05, 0) is 12.5 Å². The molecule has 0 amide bonds. The Morgan fingerprint density at radius 1 is 1.44 bits per heavy atom. The van der Waals surface area contributed by atoms with E-state index >= 15 is 0 Å². The second-order valence-electron chi connectivity index (χ2n) is 3.37. The van der Waals surface area contributed by atoms with Crippen molar-refractivity contribution in [1.29, 1.82) is 0 Å². The van der Waals surface area contributed by atoms with Crippen molar-refractivity contribution in [3.05, 3.63) is 45.5 Å². The summed E-state index contributed by atoms with van der Waals surface area (Å²) < 4.78 is 4.69. The Morgan fingerprint density at radius 2 is 2.06 bits per heavy atom. The van der Waals surface area contributed by atoms with Gasteiger partial charge in [0.15, 0.2) is 0 Å². The second kappa shape index (κ2) is 6.27. The van der Waals surface area contributed by atoms with Gasteiger partial charge in [0.25, 0.3) is 5.69 Å². The molecule has 7 nitrogen and oxygen atoms in total. The van der Waals surface area contributed by atoms with Crippen molar-refractivity contribution in [3.63, 3.8) is 0 Å².